The Hall–Kier alpha value is -3.23. The van der Waals surface area contributed by atoms with E-state index in [2.05, 4.69) is 10.3 Å². The number of ether oxygens (including phenoxy) is 3. The maximum absolute atomic E-state index is 13.6. The number of carbonyl (C=O) groups is 1. The van der Waals surface area contributed by atoms with Crippen LogP contribution < -0.4 is 14.8 Å². The van der Waals surface area contributed by atoms with Gasteiger partial charge in [-0.25, -0.2) is 9.37 Å². The Morgan fingerprint density at radius 1 is 1.16 bits per heavy atom. The van der Waals surface area contributed by atoms with Gasteiger partial charge in [0.1, 0.15) is 30.5 Å². The van der Waals surface area contributed by atoms with Crippen LogP contribution in [0.4, 0.5) is 10.1 Å². The number of aromatic nitrogens is 1. The van der Waals surface area contributed by atoms with E-state index in [1.165, 1.54) is 24.3 Å². The number of para-hydroxylation sites is 1. The van der Waals surface area contributed by atoms with E-state index in [4.69, 9.17) is 14.2 Å². The van der Waals surface area contributed by atoms with E-state index in [0.717, 1.165) is 16.3 Å². The second-order valence-electron chi connectivity index (χ2n) is 6.49. The van der Waals surface area contributed by atoms with Crippen molar-refractivity contribution in [1.29, 1.82) is 0 Å². The van der Waals surface area contributed by atoms with Crippen molar-refractivity contribution < 1.29 is 23.4 Å². The molecule has 0 saturated heterocycles. The first-order valence-electron chi connectivity index (χ1n) is 9.58. The Morgan fingerprint density at radius 3 is 2.77 bits per heavy atom. The van der Waals surface area contributed by atoms with Gasteiger partial charge >= 0.3 is 0 Å². The summed E-state index contributed by atoms with van der Waals surface area (Å²) >= 11 is 1.57. The monoisotopic (exact) mass is 442 g/mol. The summed E-state index contributed by atoms with van der Waals surface area (Å²) < 4.78 is 30.0. The number of benzene rings is 2. The van der Waals surface area contributed by atoms with Gasteiger partial charge in [0.05, 0.1) is 23.0 Å². The molecule has 1 aromatic heterocycles. The first-order chi connectivity index (χ1) is 15.0. The number of nitrogens with zero attached hydrogens (tertiary/aromatic N) is 1. The summed E-state index contributed by atoms with van der Waals surface area (Å²) in [7, 11) is 1.56. The molecule has 2 aromatic carbocycles. The van der Waals surface area contributed by atoms with Crippen LogP contribution in [0.15, 0.2) is 53.9 Å². The summed E-state index contributed by atoms with van der Waals surface area (Å²) in [6.07, 6.45) is 3.00. The molecule has 1 N–H and O–H groups in total. The van der Waals surface area contributed by atoms with Crippen molar-refractivity contribution in [3.05, 3.63) is 76.0 Å². The molecular formula is C23H23FN2O4S. The predicted octanol–water partition coefficient (Wildman–Crippen LogP) is 4.85. The van der Waals surface area contributed by atoms with Crippen LogP contribution >= 0.6 is 11.3 Å². The first-order valence-corrected chi connectivity index (χ1v) is 10.5. The van der Waals surface area contributed by atoms with Gasteiger partial charge in [0, 0.05) is 30.2 Å². The highest BCUT2D eigenvalue weighted by Crippen LogP contribution is 2.26. The molecule has 0 fully saturated rings. The fourth-order valence-corrected chi connectivity index (χ4v) is 3.27. The molecule has 0 aliphatic rings. The van der Waals surface area contributed by atoms with Crippen LogP contribution in [0.3, 0.4) is 0 Å². The molecule has 0 saturated carbocycles. The smallest absolute Gasteiger partial charge is 0.248 e. The molecule has 0 radical (unpaired) electrons. The average Bonchev–Trinajstić information content (AvgIpc) is 3.18. The van der Waals surface area contributed by atoms with Crippen LogP contribution in [0.25, 0.3) is 6.08 Å². The van der Waals surface area contributed by atoms with E-state index in [0.29, 0.717) is 24.7 Å². The van der Waals surface area contributed by atoms with Gasteiger partial charge < -0.3 is 19.5 Å². The molecule has 0 unspecified atom stereocenters. The number of hydrogen-bond donors (Lipinski definition) is 1. The van der Waals surface area contributed by atoms with Crippen molar-refractivity contribution in [1.82, 2.24) is 4.98 Å². The molecular weight excluding hydrogens is 419 g/mol. The quantitative estimate of drug-likeness (QED) is 0.359. The zero-order chi connectivity index (χ0) is 22.1. The number of aryl methyl sites for hydroxylation is 1. The minimum absolute atomic E-state index is 0.245. The number of thiazole rings is 1. The normalized spacial score (nSPS) is 10.9. The van der Waals surface area contributed by atoms with E-state index in [1.807, 2.05) is 36.6 Å². The summed E-state index contributed by atoms with van der Waals surface area (Å²) in [5, 5.41) is 5.58. The van der Waals surface area contributed by atoms with Gasteiger partial charge in [-0.15, -0.1) is 11.3 Å². The van der Waals surface area contributed by atoms with Gasteiger partial charge in [0.2, 0.25) is 5.91 Å². The van der Waals surface area contributed by atoms with Crippen LogP contribution in [0.5, 0.6) is 11.5 Å². The molecule has 0 atom stereocenters. The molecule has 0 aliphatic carbocycles. The molecule has 6 nitrogen and oxygen atoms in total. The number of hydrogen-bond acceptors (Lipinski definition) is 6. The van der Waals surface area contributed by atoms with Crippen molar-refractivity contribution in [2.45, 2.75) is 13.5 Å². The van der Waals surface area contributed by atoms with Crippen molar-refractivity contribution in [3.8, 4) is 11.5 Å². The van der Waals surface area contributed by atoms with E-state index in [9.17, 15) is 9.18 Å². The van der Waals surface area contributed by atoms with Crippen molar-refractivity contribution in [2.75, 3.05) is 25.6 Å². The van der Waals surface area contributed by atoms with Gasteiger partial charge in [-0.1, -0.05) is 18.2 Å². The number of halogens is 1. The van der Waals surface area contributed by atoms with E-state index in [-0.39, 0.29) is 12.3 Å². The van der Waals surface area contributed by atoms with Crippen molar-refractivity contribution >= 4 is 29.0 Å². The number of amides is 1. The molecule has 31 heavy (non-hydrogen) atoms. The molecule has 162 valence electrons. The molecule has 1 amide bonds. The third kappa shape index (κ3) is 6.91. The zero-order valence-electron chi connectivity index (χ0n) is 17.3. The Morgan fingerprint density at radius 2 is 2.00 bits per heavy atom. The van der Waals surface area contributed by atoms with Crippen LogP contribution in [-0.4, -0.2) is 31.2 Å². The predicted molar refractivity (Wildman–Crippen MR) is 119 cm³/mol. The lowest BCUT2D eigenvalue weighted by Crippen LogP contribution is -2.11. The van der Waals surface area contributed by atoms with Crippen LogP contribution in [0, 0.1) is 12.7 Å². The van der Waals surface area contributed by atoms with Gasteiger partial charge in [-0.3, -0.25) is 4.79 Å². The summed E-state index contributed by atoms with van der Waals surface area (Å²) in [5.74, 6) is 0.0931. The summed E-state index contributed by atoms with van der Waals surface area (Å²) in [5.41, 5.74) is 1.83. The Kier molecular flexibility index (Phi) is 8.14. The van der Waals surface area contributed by atoms with E-state index in [1.54, 1.807) is 24.5 Å². The second kappa shape index (κ2) is 11.2. The summed E-state index contributed by atoms with van der Waals surface area (Å²) in [4.78, 5) is 16.8. The zero-order valence-corrected chi connectivity index (χ0v) is 18.1. The lowest BCUT2D eigenvalue weighted by atomic mass is 10.2. The minimum atomic E-state index is -0.477. The number of carbonyl (C=O) groups excluding carboxylic acids is 1. The molecule has 0 aliphatic heterocycles. The lowest BCUT2D eigenvalue weighted by molar-refractivity contribution is -0.111. The van der Waals surface area contributed by atoms with Gasteiger partial charge in [-0.05, 0) is 31.2 Å². The molecule has 3 rings (SSSR count). The van der Waals surface area contributed by atoms with Crippen molar-refractivity contribution in [3.63, 3.8) is 0 Å². The maximum Gasteiger partial charge on any atom is 0.248 e. The van der Waals surface area contributed by atoms with Gasteiger partial charge in [-0.2, -0.15) is 0 Å². The number of rotatable bonds is 10. The summed E-state index contributed by atoms with van der Waals surface area (Å²) in [6, 6.07) is 11.3. The minimum Gasteiger partial charge on any atom is -0.489 e. The number of anilines is 1. The largest absolute Gasteiger partial charge is 0.489 e. The molecule has 8 heteroatoms. The summed E-state index contributed by atoms with van der Waals surface area (Å²) in [6.45, 7) is 2.94. The highest BCUT2D eigenvalue weighted by molar-refractivity contribution is 7.09. The average molecular weight is 443 g/mol. The third-order valence-corrected chi connectivity index (χ3v) is 4.94. The highest BCUT2D eigenvalue weighted by atomic mass is 32.1. The fraction of sp³-hybridized carbons (Fsp3) is 0.217. The second-order valence-corrected chi connectivity index (χ2v) is 7.55. The molecule has 1 heterocycles. The maximum atomic E-state index is 13.6. The Labute approximate surface area is 184 Å². The fourth-order valence-electron chi connectivity index (χ4n) is 2.68. The topological polar surface area (TPSA) is 69.7 Å². The van der Waals surface area contributed by atoms with Crippen molar-refractivity contribution in [2.24, 2.45) is 0 Å². The van der Waals surface area contributed by atoms with Gasteiger partial charge in [0.25, 0.3) is 0 Å². The standard InChI is InChI=1S/C23H23FN2O4S/c1-16-25-19(15-31-16)14-30-21-6-4-3-5-17(21)7-10-23(27)26-20-13-18(24)8-9-22(20)29-12-11-28-2/h3-10,13,15H,11-12,14H2,1-2H3,(H,26,27)/b10-7+. The lowest BCUT2D eigenvalue weighted by Gasteiger charge is -2.12. The van der Waals surface area contributed by atoms with Crippen LogP contribution in [0.2, 0.25) is 0 Å². The molecule has 0 spiro atoms. The number of nitrogens with one attached hydrogen (secondary N) is 1. The SMILES string of the molecule is COCCOc1ccc(F)cc1NC(=O)/C=C/c1ccccc1OCc1csc(C)n1. The first kappa shape index (κ1) is 22.5. The Balaban J connectivity index is 1.66. The number of methoxy groups -OCH3 is 1. The third-order valence-electron chi connectivity index (χ3n) is 4.12. The molecule has 0 bridgehead atoms. The highest BCUT2D eigenvalue weighted by Gasteiger charge is 2.09. The van der Waals surface area contributed by atoms with Crippen LogP contribution in [-0.2, 0) is 16.1 Å². The van der Waals surface area contributed by atoms with E-state index < -0.39 is 11.7 Å². The molecule has 3 aromatic rings. The Bertz CT molecular complexity index is 1050. The van der Waals surface area contributed by atoms with E-state index >= 15 is 0 Å². The van der Waals surface area contributed by atoms with Gasteiger partial charge in [0.15, 0.2) is 0 Å². The van der Waals surface area contributed by atoms with Crippen LogP contribution in [0.1, 0.15) is 16.3 Å².